The minimum atomic E-state index is 1.08. The quantitative estimate of drug-likeness (QED) is 0.147. The number of nitrogens with zero attached hydrogens (tertiary/aromatic N) is 1. The van der Waals surface area contributed by atoms with Gasteiger partial charge in [0.05, 0.1) is 11.4 Å². The fraction of sp³-hybridized carbons (Fsp3) is 0. The van der Waals surface area contributed by atoms with E-state index in [0.717, 1.165) is 28.2 Å². The maximum Gasteiger partial charge on any atom is 0.0546 e. The third-order valence-electron chi connectivity index (χ3n) is 13.3. The van der Waals surface area contributed by atoms with Crippen molar-refractivity contribution < 1.29 is 0 Å². The molecule has 0 saturated carbocycles. The van der Waals surface area contributed by atoms with Gasteiger partial charge in [0, 0.05) is 57.2 Å². The fourth-order valence-corrected chi connectivity index (χ4v) is 12.5. The van der Waals surface area contributed by atoms with E-state index in [0.29, 0.717) is 0 Å². The number of anilines is 3. The molecule has 0 aliphatic carbocycles. The van der Waals surface area contributed by atoms with E-state index >= 15 is 0 Å². The highest BCUT2D eigenvalue weighted by Gasteiger charge is 2.24. The monoisotopic (exact) mass is 887 g/mol. The molecule has 0 unspecified atom stereocenters. The van der Waals surface area contributed by atoms with Crippen molar-refractivity contribution in [1.29, 1.82) is 0 Å². The predicted molar refractivity (Wildman–Crippen MR) is 292 cm³/mol. The summed E-state index contributed by atoms with van der Waals surface area (Å²) in [5.74, 6) is 0. The van der Waals surface area contributed by atoms with Crippen molar-refractivity contribution in [3.05, 3.63) is 249 Å². The average molecular weight is 888 g/mol. The van der Waals surface area contributed by atoms with Gasteiger partial charge in [-0.1, -0.05) is 200 Å². The van der Waals surface area contributed by atoms with Gasteiger partial charge in [-0.3, -0.25) is 0 Å². The van der Waals surface area contributed by atoms with Gasteiger partial charge < -0.3 is 4.90 Å². The zero-order valence-electron chi connectivity index (χ0n) is 36.4. The number of para-hydroxylation sites is 1. The molecule has 314 valence electrons. The molecule has 13 aromatic rings. The molecule has 0 fully saturated rings. The Morgan fingerprint density at radius 2 is 0.761 bits per heavy atom. The largest absolute Gasteiger partial charge is 0.309 e. The molecule has 0 saturated heterocycles. The summed E-state index contributed by atoms with van der Waals surface area (Å²) in [5.41, 5.74) is 15.3. The lowest BCUT2D eigenvalue weighted by Crippen LogP contribution is -2.13. The second-order valence-electron chi connectivity index (χ2n) is 17.2. The third-order valence-corrected chi connectivity index (χ3v) is 15.6. The minimum Gasteiger partial charge on any atom is -0.309 e. The third kappa shape index (κ3) is 6.82. The highest BCUT2D eigenvalue weighted by molar-refractivity contribution is 7.26. The van der Waals surface area contributed by atoms with Gasteiger partial charge in [0.1, 0.15) is 0 Å². The Hall–Kier alpha value is -8.08. The van der Waals surface area contributed by atoms with E-state index in [1.807, 2.05) is 22.7 Å². The van der Waals surface area contributed by atoms with Crippen molar-refractivity contribution in [1.82, 2.24) is 0 Å². The molecule has 2 heterocycles. The molecule has 2 aromatic heterocycles. The molecule has 0 bridgehead atoms. The summed E-state index contributed by atoms with van der Waals surface area (Å²) in [4.78, 5) is 2.52. The number of hydrogen-bond donors (Lipinski definition) is 0. The highest BCUT2D eigenvalue weighted by Crippen LogP contribution is 2.50. The van der Waals surface area contributed by atoms with Crippen molar-refractivity contribution in [3.63, 3.8) is 0 Å². The topological polar surface area (TPSA) is 3.24 Å². The number of thiophene rings is 2. The van der Waals surface area contributed by atoms with E-state index in [1.165, 1.54) is 95.6 Å². The fourth-order valence-electron chi connectivity index (χ4n) is 10.2. The molecule has 0 spiro atoms. The number of benzene rings is 11. The van der Waals surface area contributed by atoms with E-state index in [-0.39, 0.29) is 0 Å². The van der Waals surface area contributed by atoms with E-state index in [1.54, 1.807) is 0 Å². The molecule has 67 heavy (non-hydrogen) atoms. The second kappa shape index (κ2) is 16.4. The summed E-state index contributed by atoms with van der Waals surface area (Å²) in [7, 11) is 0. The first kappa shape index (κ1) is 39.3. The van der Waals surface area contributed by atoms with Crippen LogP contribution in [0.25, 0.3) is 107 Å². The van der Waals surface area contributed by atoms with Crippen LogP contribution in [-0.2, 0) is 0 Å². The molecular weight excluding hydrogens is 847 g/mol. The normalized spacial score (nSPS) is 11.6. The Morgan fingerprint density at radius 1 is 0.254 bits per heavy atom. The van der Waals surface area contributed by atoms with E-state index in [4.69, 9.17) is 0 Å². The first-order valence-corrected chi connectivity index (χ1v) is 24.5. The second-order valence-corrected chi connectivity index (χ2v) is 19.3. The van der Waals surface area contributed by atoms with Gasteiger partial charge in [-0.15, -0.1) is 22.7 Å². The van der Waals surface area contributed by atoms with Crippen LogP contribution in [0.5, 0.6) is 0 Å². The van der Waals surface area contributed by atoms with Gasteiger partial charge in [0.2, 0.25) is 0 Å². The molecule has 0 atom stereocenters. The van der Waals surface area contributed by atoms with Crippen LogP contribution >= 0.6 is 22.7 Å². The van der Waals surface area contributed by atoms with Crippen LogP contribution in [0, 0.1) is 0 Å². The molecular formula is C64H41NS2. The van der Waals surface area contributed by atoms with Gasteiger partial charge in [0.15, 0.2) is 0 Å². The predicted octanol–water partition coefficient (Wildman–Crippen LogP) is 19.4. The van der Waals surface area contributed by atoms with Crippen LogP contribution in [0.1, 0.15) is 0 Å². The number of fused-ring (bicyclic) bond motifs is 7. The Kier molecular flexibility index (Phi) is 9.63. The van der Waals surface area contributed by atoms with Gasteiger partial charge in [-0.05, 0) is 104 Å². The Labute approximate surface area is 397 Å². The van der Waals surface area contributed by atoms with E-state index < -0.39 is 0 Å². The van der Waals surface area contributed by atoms with Gasteiger partial charge in [-0.25, -0.2) is 0 Å². The molecule has 1 nitrogen and oxygen atoms in total. The molecule has 0 N–H and O–H groups in total. The minimum absolute atomic E-state index is 1.08. The average Bonchev–Trinajstić information content (AvgIpc) is 3.98. The zero-order chi connectivity index (χ0) is 44.3. The van der Waals surface area contributed by atoms with Crippen LogP contribution < -0.4 is 4.90 Å². The van der Waals surface area contributed by atoms with Crippen molar-refractivity contribution in [2.45, 2.75) is 0 Å². The summed E-state index contributed by atoms with van der Waals surface area (Å²) in [5, 5.41) is 7.64. The molecule has 0 aliphatic rings. The molecule has 0 amide bonds. The van der Waals surface area contributed by atoms with Crippen molar-refractivity contribution in [3.8, 4) is 55.6 Å². The Bertz CT molecular complexity index is 3970. The van der Waals surface area contributed by atoms with Crippen LogP contribution in [-0.4, -0.2) is 0 Å². The summed E-state index contributed by atoms with van der Waals surface area (Å²) in [6, 6.07) is 91.6. The summed E-state index contributed by atoms with van der Waals surface area (Å²) in [6.45, 7) is 0. The SMILES string of the molecule is c1ccc(-c2ccc(N(c3cc(-c4ccc5c(c4)sc4cccc(-c6ccccc6)c45)ccc3-c3cccc4ccccc34)c3ccccc3-c3cccc4sc5ccccc5c34)cc2)cc1. The maximum absolute atomic E-state index is 2.52. The van der Waals surface area contributed by atoms with Gasteiger partial charge in [-0.2, -0.15) is 0 Å². The lowest BCUT2D eigenvalue weighted by atomic mass is 9.92. The molecule has 0 radical (unpaired) electrons. The highest BCUT2D eigenvalue weighted by atomic mass is 32.1. The maximum atomic E-state index is 2.52. The summed E-state index contributed by atoms with van der Waals surface area (Å²) < 4.78 is 5.17. The lowest BCUT2D eigenvalue weighted by Gasteiger charge is -2.31. The van der Waals surface area contributed by atoms with Crippen LogP contribution in [0.2, 0.25) is 0 Å². The number of rotatable bonds is 8. The van der Waals surface area contributed by atoms with Crippen molar-refractivity contribution >= 4 is 90.9 Å². The Balaban J connectivity index is 1.07. The molecule has 3 heteroatoms. The van der Waals surface area contributed by atoms with Gasteiger partial charge in [0.25, 0.3) is 0 Å². The smallest absolute Gasteiger partial charge is 0.0546 e. The van der Waals surface area contributed by atoms with Gasteiger partial charge >= 0.3 is 0 Å². The summed E-state index contributed by atoms with van der Waals surface area (Å²) in [6.07, 6.45) is 0. The van der Waals surface area contributed by atoms with E-state index in [2.05, 4.69) is 254 Å². The molecule has 13 rings (SSSR count). The van der Waals surface area contributed by atoms with E-state index in [9.17, 15) is 0 Å². The lowest BCUT2D eigenvalue weighted by molar-refractivity contribution is 1.29. The van der Waals surface area contributed by atoms with Crippen LogP contribution in [0.3, 0.4) is 0 Å². The number of hydrogen-bond acceptors (Lipinski definition) is 3. The first-order valence-electron chi connectivity index (χ1n) is 22.8. The first-order chi connectivity index (χ1) is 33.2. The standard InChI is InChI=1S/C64H41NS2/c1-3-16-42(17-4-1)43-32-36-48(37-33-43)65(57-28-11-9-23-52(57)54-27-15-31-61-64(54)55-24-10-12-29-59(55)66-61)58-40-46(34-38-53(58)51-26-13-21-44-20-7-8-22-49(44)51)47-35-39-56-62(41-47)67-60-30-14-25-50(63(56)60)45-18-5-2-6-19-45/h1-41H. The van der Waals surface area contributed by atoms with Crippen molar-refractivity contribution in [2.24, 2.45) is 0 Å². The zero-order valence-corrected chi connectivity index (χ0v) is 38.1. The van der Waals surface area contributed by atoms with Crippen LogP contribution in [0.15, 0.2) is 249 Å². The molecule has 0 aliphatic heterocycles. The van der Waals surface area contributed by atoms with Crippen LogP contribution in [0.4, 0.5) is 17.1 Å². The molecule has 11 aromatic carbocycles. The summed E-state index contributed by atoms with van der Waals surface area (Å²) >= 11 is 3.74. The Morgan fingerprint density at radius 3 is 1.58 bits per heavy atom. The van der Waals surface area contributed by atoms with Crippen molar-refractivity contribution in [2.75, 3.05) is 4.90 Å².